The highest BCUT2D eigenvalue weighted by atomic mass is 35.5. The van der Waals surface area contributed by atoms with Gasteiger partial charge in [-0.05, 0) is 62.5 Å². The average molecular weight is 333 g/mol. The van der Waals surface area contributed by atoms with E-state index in [1.54, 1.807) is 12.1 Å². The number of aryl methyl sites for hydroxylation is 1. The first-order chi connectivity index (χ1) is 9.65. The third kappa shape index (κ3) is 6.12. The van der Waals surface area contributed by atoms with Gasteiger partial charge in [-0.25, -0.2) is 0 Å². The summed E-state index contributed by atoms with van der Waals surface area (Å²) in [4.78, 5) is 11.7. The molecule has 1 aliphatic heterocycles. The minimum absolute atomic E-state index is 0. The maximum Gasteiger partial charge on any atom is 0.257 e. The molecule has 1 unspecified atom stereocenters. The molecule has 118 valence electrons. The van der Waals surface area contributed by atoms with Crippen molar-refractivity contribution in [3.05, 3.63) is 28.8 Å². The zero-order valence-corrected chi connectivity index (χ0v) is 13.7. The molecule has 1 aliphatic rings. The van der Waals surface area contributed by atoms with Gasteiger partial charge < -0.3 is 15.4 Å². The second kappa shape index (κ2) is 9.13. The van der Waals surface area contributed by atoms with Crippen LogP contribution >= 0.6 is 24.0 Å². The van der Waals surface area contributed by atoms with Crippen molar-refractivity contribution >= 4 is 29.9 Å². The Hall–Kier alpha value is -0.970. The van der Waals surface area contributed by atoms with Crippen LogP contribution in [0.4, 0.5) is 0 Å². The minimum atomic E-state index is -0.0800. The first-order valence-corrected chi connectivity index (χ1v) is 7.39. The fourth-order valence-corrected chi connectivity index (χ4v) is 2.40. The highest BCUT2D eigenvalue weighted by Crippen LogP contribution is 2.20. The predicted molar refractivity (Wildman–Crippen MR) is 87.5 cm³/mol. The number of benzene rings is 1. The fourth-order valence-electron chi connectivity index (χ4n) is 2.28. The number of carbonyl (C=O) groups is 1. The van der Waals surface area contributed by atoms with Crippen LogP contribution in [0.1, 0.15) is 18.4 Å². The zero-order valence-electron chi connectivity index (χ0n) is 12.2. The number of nitrogens with one attached hydrogen (secondary N) is 2. The van der Waals surface area contributed by atoms with Crippen LogP contribution in [0.2, 0.25) is 5.02 Å². The first-order valence-electron chi connectivity index (χ1n) is 7.01. The van der Waals surface area contributed by atoms with Crippen LogP contribution in [0.25, 0.3) is 0 Å². The van der Waals surface area contributed by atoms with Gasteiger partial charge in [0.2, 0.25) is 0 Å². The highest BCUT2D eigenvalue weighted by Gasteiger charge is 2.14. The largest absolute Gasteiger partial charge is 0.484 e. The van der Waals surface area contributed by atoms with Gasteiger partial charge in [0.05, 0.1) is 0 Å². The standard InChI is InChI=1S/C15H21ClN2O2.ClH/c1-11-8-13(2-3-14(11)16)20-10-15(19)18-7-5-12-4-6-17-9-12;/h2-3,8,12,17H,4-7,9-10H2,1H3,(H,18,19);1H. The molecule has 1 fully saturated rings. The van der Waals surface area contributed by atoms with Crippen molar-refractivity contribution in [3.63, 3.8) is 0 Å². The van der Waals surface area contributed by atoms with E-state index in [2.05, 4.69) is 10.6 Å². The van der Waals surface area contributed by atoms with E-state index < -0.39 is 0 Å². The van der Waals surface area contributed by atoms with Crippen LogP contribution in [0.15, 0.2) is 18.2 Å². The smallest absolute Gasteiger partial charge is 0.257 e. The summed E-state index contributed by atoms with van der Waals surface area (Å²) >= 11 is 5.93. The zero-order chi connectivity index (χ0) is 14.4. The Morgan fingerprint density at radius 3 is 3.00 bits per heavy atom. The Balaban J connectivity index is 0.00000220. The van der Waals surface area contributed by atoms with Gasteiger partial charge in [-0.1, -0.05) is 11.6 Å². The SMILES string of the molecule is Cc1cc(OCC(=O)NCCC2CCNC2)ccc1Cl.Cl. The molecular formula is C15H22Cl2N2O2. The fraction of sp³-hybridized carbons (Fsp3) is 0.533. The van der Waals surface area contributed by atoms with Gasteiger partial charge in [-0.15, -0.1) is 12.4 Å². The summed E-state index contributed by atoms with van der Waals surface area (Å²) in [5.41, 5.74) is 0.943. The number of rotatable bonds is 6. The second-order valence-electron chi connectivity index (χ2n) is 5.20. The number of hydrogen-bond donors (Lipinski definition) is 2. The molecule has 0 bridgehead atoms. The van der Waals surface area contributed by atoms with Gasteiger partial charge in [0.1, 0.15) is 5.75 Å². The van der Waals surface area contributed by atoms with Crippen molar-refractivity contribution in [1.29, 1.82) is 0 Å². The molecule has 0 aliphatic carbocycles. The minimum Gasteiger partial charge on any atom is -0.484 e. The summed E-state index contributed by atoms with van der Waals surface area (Å²) in [7, 11) is 0. The highest BCUT2D eigenvalue weighted by molar-refractivity contribution is 6.31. The monoisotopic (exact) mass is 332 g/mol. The van der Waals surface area contributed by atoms with Crippen LogP contribution in [0.3, 0.4) is 0 Å². The molecule has 0 radical (unpaired) electrons. The summed E-state index contributed by atoms with van der Waals surface area (Å²) in [5.74, 6) is 1.28. The summed E-state index contributed by atoms with van der Waals surface area (Å²) in [6.45, 7) is 4.83. The van der Waals surface area contributed by atoms with Crippen LogP contribution in [0.5, 0.6) is 5.75 Å². The lowest BCUT2D eigenvalue weighted by Crippen LogP contribution is -2.30. The van der Waals surface area contributed by atoms with E-state index in [-0.39, 0.29) is 24.9 Å². The third-order valence-corrected chi connectivity index (χ3v) is 3.96. The average Bonchev–Trinajstić information content (AvgIpc) is 2.93. The van der Waals surface area contributed by atoms with E-state index in [0.717, 1.165) is 25.1 Å². The molecule has 1 amide bonds. The van der Waals surface area contributed by atoms with E-state index in [0.29, 0.717) is 23.2 Å². The maximum atomic E-state index is 11.7. The molecule has 1 saturated heterocycles. The van der Waals surface area contributed by atoms with Gasteiger partial charge >= 0.3 is 0 Å². The van der Waals surface area contributed by atoms with E-state index in [9.17, 15) is 4.79 Å². The number of hydrogen-bond acceptors (Lipinski definition) is 3. The molecule has 4 nitrogen and oxygen atoms in total. The van der Waals surface area contributed by atoms with E-state index in [1.165, 1.54) is 6.42 Å². The Kier molecular flexibility index (Phi) is 7.86. The Labute approximate surface area is 137 Å². The maximum absolute atomic E-state index is 11.7. The van der Waals surface area contributed by atoms with Crippen molar-refractivity contribution in [3.8, 4) is 5.75 Å². The van der Waals surface area contributed by atoms with Crippen molar-refractivity contribution in [2.45, 2.75) is 19.8 Å². The van der Waals surface area contributed by atoms with Crippen molar-refractivity contribution in [1.82, 2.24) is 10.6 Å². The van der Waals surface area contributed by atoms with Gasteiger partial charge in [-0.2, -0.15) is 0 Å². The van der Waals surface area contributed by atoms with Crippen molar-refractivity contribution < 1.29 is 9.53 Å². The van der Waals surface area contributed by atoms with Crippen molar-refractivity contribution in [2.24, 2.45) is 5.92 Å². The molecule has 0 spiro atoms. The second-order valence-corrected chi connectivity index (χ2v) is 5.60. The number of carbonyl (C=O) groups excluding carboxylic acids is 1. The molecular weight excluding hydrogens is 311 g/mol. The summed E-state index contributed by atoms with van der Waals surface area (Å²) in [5, 5.41) is 6.91. The lowest BCUT2D eigenvalue weighted by molar-refractivity contribution is -0.123. The van der Waals surface area contributed by atoms with Crippen LogP contribution in [-0.4, -0.2) is 32.1 Å². The van der Waals surface area contributed by atoms with Gasteiger partial charge in [0.15, 0.2) is 6.61 Å². The molecule has 0 aromatic heterocycles. The molecule has 1 aromatic rings. The van der Waals surface area contributed by atoms with Crippen LogP contribution in [-0.2, 0) is 4.79 Å². The Bertz CT molecular complexity index is 463. The molecule has 21 heavy (non-hydrogen) atoms. The Morgan fingerprint density at radius 1 is 1.52 bits per heavy atom. The molecule has 2 rings (SSSR count). The van der Waals surface area contributed by atoms with Crippen LogP contribution in [0, 0.1) is 12.8 Å². The summed E-state index contributed by atoms with van der Waals surface area (Å²) < 4.78 is 5.44. The predicted octanol–water partition coefficient (Wildman–Crippen LogP) is 2.56. The van der Waals surface area contributed by atoms with Crippen molar-refractivity contribution in [2.75, 3.05) is 26.2 Å². The molecule has 6 heteroatoms. The van der Waals surface area contributed by atoms with Crippen LogP contribution < -0.4 is 15.4 Å². The topological polar surface area (TPSA) is 50.4 Å². The summed E-state index contributed by atoms with van der Waals surface area (Å²) in [6, 6.07) is 5.38. The van der Waals surface area contributed by atoms with Gasteiger partial charge in [0.25, 0.3) is 5.91 Å². The molecule has 1 heterocycles. The number of ether oxygens (including phenoxy) is 1. The molecule has 1 atom stereocenters. The third-order valence-electron chi connectivity index (χ3n) is 3.54. The normalized spacial score (nSPS) is 17.1. The quantitative estimate of drug-likeness (QED) is 0.841. The lowest BCUT2D eigenvalue weighted by atomic mass is 10.1. The molecule has 2 N–H and O–H groups in total. The van der Waals surface area contributed by atoms with E-state index >= 15 is 0 Å². The lowest BCUT2D eigenvalue weighted by Gasteiger charge is -2.10. The Morgan fingerprint density at radius 2 is 2.33 bits per heavy atom. The first kappa shape index (κ1) is 18.1. The molecule has 1 aromatic carbocycles. The van der Waals surface area contributed by atoms with Gasteiger partial charge in [0, 0.05) is 11.6 Å². The summed E-state index contributed by atoms with van der Waals surface area (Å²) in [6.07, 6.45) is 2.23. The van der Waals surface area contributed by atoms with E-state index in [1.807, 2.05) is 13.0 Å². The number of amides is 1. The molecule has 0 saturated carbocycles. The number of halogens is 2. The van der Waals surface area contributed by atoms with E-state index in [4.69, 9.17) is 16.3 Å². The van der Waals surface area contributed by atoms with Gasteiger partial charge in [-0.3, -0.25) is 4.79 Å².